The molecule has 0 fully saturated rings. The van der Waals surface area contributed by atoms with E-state index in [1.807, 2.05) is 26.0 Å². The highest BCUT2D eigenvalue weighted by Gasteiger charge is 2.14. The molecule has 5 heteroatoms. The van der Waals surface area contributed by atoms with Crippen molar-refractivity contribution in [1.82, 2.24) is 0 Å². The molecule has 0 aliphatic heterocycles. The molecule has 1 aromatic carbocycles. The van der Waals surface area contributed by atoms with Crippen molar-refractivity contribution in [3.05, 3.63) is 41.6 Å². The van der Waals surface area contributed by atoms with E-state index in [2.05, 4.69) is 5.32 Å². The Balaban J connectivity index is 2.23. The Morgan fingerprint density at radius 3 is 2.68 bits per heavy atom. The molecular formula is C14H17FN2O2. The normalized spacial score (nSPS) is 12.2. The second kappa shape index (κ2) is 5.22. The zero-order valence-electron chi connectivity index (χ0n) is 11.2. The third kappa shape index (κ3) is 2.81. The van der Waals surface area contributed by atoms with Gasteiger partial charge >= 0.3 is 0 Å². The fraction of sp³-hybridized carbons (Fsp3) is 0.286. The van der Waals surface area contributed by atoms with Gasteiger partial charge in [0.2, 0.25) is 0 Å². The van der Waals surface area contributed by atoms with Crippen LogP contribution in [0.3, 0.4) is 0 Å². The predicted octanol–water partition coefficient (Wildman–Crippen LogP) is 3.49. The first-order chi connectivity index (χ1) is 9.01. The molecule has 3 N–H and O–H groups in total. The van der Waals surface area contributed by atoms with Gasteiger partial charge < -0.3 is 20.2 Å². The average Bonchev–Trinajstić information content (AvgIpc) is 2.79. The first kappa shape index (κ1) is 13.3. The van der Waals surface area contributed by atoms with E-state index in [0.717, 1.165) is 11.5 Å². The van der Waals surface area contributed by atoms with Crippen LogP contribution in [0.15, 0.2) is 28.7 Å². The van der Waals surface area contributed by atoms with Crippen molar-refractivity contribution in [1.29, 1.82) is 0 Å². The summed E-state index contributed by atoms with van der Waals surface area (Å²) in [5.41, 5.74) is 6.23. The molecule has 102 valence electrons. The summed E-state index contributed by atoms with van der Waals surface area (Å²) in [7, 11) is 1.49. The maximum Gasteiger partial charge on any atom is 0.148 e. The van der Waals surface area contributed by atoms with Gasteiger partial charge in [-0.1, -0.05) is 0 Å². The number of aryl methyl sites for hydroxylation is 1. The highest BCUT2D eigenvalue weighted by molar-refractivity contribution is 5.62. The van der Waals surface area contributed by atoms with E-state index in [9.17, 15) is 4.39 Å². The van der Waals surface area contributed by atoms with Crippen LogP contribution < -0.4 is 15.8 Å². The maximum atomic E-state index is 13.8. The van der Waals surface area contributed by atoms with E-state index in [0.29, 0.717) is 11.4 Å². The number of nitrogen functional groups attached to an aromatic ring is 1. The van der Waals surface area contributed by atoms with Crippen LogP contribution in [0.25, 0.3) is 0 Å². The Hall–Kier alpha value is -2.17. The number of hydrogen-bond donors (Lipinski definition) is 2. The number of benzene rings is 1. The van der Waals surface area contributed by atoms with Crippen molar-refractivity contribution in [3.8, 4) is 5.75 Å². The molecule has 2 aromatic rings. The van der Waals surface area contributed by atoms with E-state index >= 15 is 0 Å². The smallest absolute Gasteiger partial charge is 0.148 e. The number of anilines is 2. The van der Waals surface area contributed by atoms with Crippen molar-refractivity contribution in [2.45, 2.75) is 19.9 Å². The fourth-order valence-electron chi connectivity index (χ4n) is 1.85. The quantitative estimate of drug-likeness (QED) is 0.830. The highest BCUT2D eigenvalue weighted by atomic mass is 19.1. The molecule has 0 saturated heterocycles. The molecule has 1 aromatic heterocycles. The first-order valence-electron chi connectivity index (χ1n) is 5.97. The lowest BCUT2D eigenvalue weighted by Gasteiger charge is -2.15. The van der Waals surface area contributed by atoms with Crippen molar-refractivity contribution in [3.63, 3.8) is 0 Å². The largest absolute Gasteiger partial charge is 0.495 e. The first-order valence-corrected chi connectivity index (χ1v) is 5.97. The van der Waals surface area contributed by atoms with Crippen LogP contribution in [0.5, 0.6) is 5.75 Å². The van der Waals surface area contributed by atoms with E-state index in [4.69, 9.17) is 14.9 Å². The Labute approximate surface area is 111 Å². The molecule has 2 rings (SSSR count). The van der Waals surface area contributed by atoms with Crippen LogP contribution in [0, 0.1) is 12.7 Å². The molecule has 4 nitrogen and oxygen atoms in total. The molecule has 0 spiro atoms. The summed E-state index contributed by atoms with van der Waals surface area (Å²) in [6.07, 6.45) is 0. The van der Waals surface area contributed by atoms with E-state index in [1.54, 1.807) is 0 Å². The van der Waals surface area contributed by atoms with Gasteiger partial charge in [-0.3, -0.25) is 0 Å². The van der Waals surface area contributed by atoms with Gasteiger partial charge in [-0.15, -0.1) is 0 Å². The van der Waals surface area contributed by atoms with Crippen molar-refractivity contribution in [2.75, 3.05) is 18.2 Å². The fourth-order valence-corrected chi connectivity index (χ4v) is 1.85. The maximum absolute atomic E-state index is 13.8. The van der Waals surface area contributed by atoms with Gasteiger partial charge in [-0.05, 0) is 26.0 Å². The topological polar surface area (TPSA) is 60.4 Å². The highest BCUT2D eigenvalue weighted by Crippen LogP contribution is 2.30. The van der Waals surface area contributed by atoms with Crippen LogP contribution >= 0.6 is 0 Å². The minimum absolute atomic E-state index is 0.156. The third-order valence-corrected chi connectivity index (χ3v) is 2.88. The number of ether oxygens (including phenoxy) is 1. The minimum atomic E-state index is -0.423. The standard InChI is InChI=1S/C14H17FN2O2/c1-8-4-5-13(19-8)9(2)17-12-7-14(18-3)11(16)6-10(12)15/h4-7,9,17H,16H2,1-3H3. The number of nitrogens with one attached hydrogen (secondary N) is 1. The van der Waals surface area contributed by atoms with Crippen LogP contribution in [0.4, 0.5) is 15.8 Å². The van der Waals surface area contributed by atoms with Gasteiger partial charge in [-0.25, -0.2) is 4.39 Å². The SMILES string of the molecule is COc1cc(NC(C)c2ccc(C)o2)c(F)cc1N. The molecule has 0 amide bonds. The van der Waals surface area contributed by atoms with Crippen molar-refractivity contribution in [2.24, 2.45) is 0 Å². The van der Waals surface area contributed by atoms with Gasteiger partial charge in [0.05, 0.1) is 24.5 Å². The molecule has 0 bridgehead atoms. The van der Waals surface area contributed by atoms with Gasteiger partial charge in [0.1, 0.15) is 23.1 Å². The van der Waals surface area contributed by atoms with E-state index < -0.39 is 5.82 Å². The number of furan rings is 1. The van der Waals surface area contributed by atoms with Crippen molar-refractivity contribution < 1.29 is 13.5 Å². The lowest BCUT2D eigenvalue weighted by Crippen LogP contribution is -2.08. The summed E-state index contributed by atoms with van der Waals surface area (Å²) in [6, 6.07) is 6.35. The monoisotopic (exact) mass is 264 g/mol. The lowest BCUT2D eigenvalue weighted by molar-refractivity contribution is 0.416. The number of rotatable bonds is 4. The second-order valence-electron chi connectivity index (χ2n) is 4.39. The van der Waals surface area contributed by atoms with Gasteiger partial charge in [0, 0.05) is 12.1 Å². The van der Waals surface area contributed by atoms with Gasteiger partial charge in [0.25, 0.3) is 0 Å². The Kier molecular flexibility index (Phi) is 3.64. The predicted molar refractivity (Wildman–Crippen MR) is 72.8 cm³/mol. The number of halogens is 1. The number of methoxy groups -OCH3 is 1. The molecular weight excluding hydrogens is 247 g/mol. The van der Waals surface area contributed by atoms with Crippen LogP contribution in [0.1, 0.15) is 24.5 Å². The zero-order chi connectivity index (χ0) is 14.0. The molecule has 0 radical (unpaired) electrons. The Morgan fingerprint density at radius 2 is 2.11 bits per heavy atom. The van der Waals surface area contributed by atoms with E-state index in [1.165, 1.54) is 19.2 Å². The molecule has 0 aliphatic carbocycles. The van der Waals surface area contributed by atoms with Crippen LogP contribution in [0.2, 0.25) is 0 Å². The summed E-state index contributed by atoms with van der Waals surface area (Å²) >= 11 is 0. The molecule has 1 heterocycles. The third-order valence-electron chi connectivity index (χ3n) is 2.88. The Morgan fingerprint density at radius 1 is 1.37 bits per heavy atom. The van der Waals surface area contributed by atoms with Gasteiger partial charge in [0.15, 0.2) is 0 Å². The van der Waals surface area contributed by atoms with E-state index in [-0.39, 0.29) is 11.7 Å². The number of nitrogens with two attached hydrogens (primary N) is 1. The molecule has 0 saturated carbocycles. The van der Waals surface area contributed by atoms with Crippen LogP contribution in [-0.4, -0.2) is 7.11 Å². The van der Waals surface area contributed by atoms with Crippen LogP contribution in [-0.2, 0) is 0 Å². The molecule has 0 aliphatic rings. The summed E-state index contributed by atoms with van der Waals surface area (Å²) < 4.78 is 24.4. The molecule has 1 unspecified atom stereocenters. The summed E-state index contributed by atoms with van der Waals surface area (Å²) in [6.45, 7) is 3.75. The molecule has 19 heavy (non-hydrogen) atoms. The lowest BCUT2D eigenvalue weighted by atomic mass is 10.2. The second-order valence-corrected chi connectivity index (χ2v) is 4.39. The number of hydrogen-bond acceptors (Lipinski definition) is 4. The summed E-state index contributed by atoms with van der Waals surface area (Å²) in [5, 5.41) is 3.04. The summed E-state index contributed by atoms with van der Waals surface area (Å²) in [5.74, 6) is 1.58. The average molecular weight is 264 g/mol. The summed E-state index contributed by atoms with van der Waals surface area (Å²) in [4.78, 5) is 0. The molecule has 1 atom stereocenters. The zero-order valence-corrected chi connectivity index (χ0v) is 11.2. The minimum Gasteiger partial charge on any atom is -0.495 e. The van der Waals surface area contributed by atoms with Gasteiger partial charge in [-0.2, -0.15) is 0 Å². The van der Waals surface area contributed by atoms with Crippen molar-refractivity contribution >= 4 is 11.4 Å². The Bertz CT molecular complexity index is 581.